The van der Waals surface area contributed by atoms with Crippen molar-refractivity contribution in [3.05, 3.63) is 29.6 Å². The van der Waals surface area contributed by atoms with E-state index < -0.39 is 21.7 Å². The van der Waals surface area contributed by atoms with Crippen molar-refractivity contribution in [3.8, 4) is 0 Å². The molecule has 0 radical (unpaired) electrons. The van der Waals surface area contributed by atoms with Gasteiger partial charge in [-0.25, -0.2) is 12.8 Å². The second-order valence-corrected chi connectivity index (χ2v) is 8.12. The summed E-state index contributed by atoms with van der Waals surface area (Å²) < 4.78 is 36.3. The van der Waals surface area contributed by atoms with Gasteiger partial charge in [-0.1, -0.05) is 0 Å². The molecule has 1 saturated heterocycles. The first kappa shape index (κ1) is 16.7. The van der Waals surface area contributed by atoms with Gasteiger partial charge in [-0.2, -0.15) is 0 Å². The molecule has 0 aromatic heterocycles. The van der Waals surface area contributed by atoms with Crippen LogP contribution in [0.3, 0.4) is 0 Å². The number of hydrogen-bond donors (Lipinski definition) is 1. The minimum atomic E-state index is -3.29. The number of hydrogen-bond acceptors (Lipinski definition) is 4. The lowest BCUT2D eigenvalue weighted by atomic mass is 10.1. The van der Waals surface area contributed by atoms with Crippen LogP contribution in [0.25, 0.3) is 0 Å². The quantitative estimate of drug-likeness (QED) is 0.895. The summed E-state index contributed by atoms with van der Waals surface area (Å²) in [4.78, 5) is 14.1. The van der Waals surface area contributed by atoms with Gasteiger partial charge in [0.25, 0.3) is 0 Å². The maximum Gasteiger partial charge on any atom is 0.245 e. The molecule has 1 N–H and O–H groups in total. The maximum absolute atomic E-state index is 13.4. The Morgan fingerprint density at radius 3 is 2.64 bits per heavy atom. The average Bonchev–Trinajstić information content (AvgIpc) is 2.72. The molecule has 1 aromatic carbocycles. The summed E-state index contributed by atoms with van der Waals surface area (Å²) in [6, 6.07) is 3.67. The van der Waals surface area contributed by atoms with Crippen molar-refractivity contribution < 1.29 is 17.6 Å². The lowest BCUT2D eigenvalue weighted by Gasteiger charge is -2.22. The average molecular weight is 328 g/mol. The van der Waals surface area contributed by atoms with Crippen LogP contribution in [-0.2, 0) is 20.4 Å². The van der Waals surface area contributed by atoms with Crippen LogP contribution in [0.15, 0.2) is 18.2 Å². The number of amides is 1. The second kappa shape index (κ2) is 6.24. The Morgan fingerprint density at radius 2 is 2.09 bits per heavy atom. The molecule has 1 fully saturated rings. The molecular weight excluding hydrogens is 307 g/mol. The van der Waals surface area contributed by atoms with E-state index in [9.17, 15) is 17.6 Å². The highest BCUT2D eigenvalue weighted by molar-refractivity contribution is 7.89. The van der Waals surface area contributed by atoms with Gasteiger partial charge in [-0.15, -0.1) is 0 Å². The highest BCUT2D eigenvalue weighted by Gasteiger charge is 2.33. The fourth-order valence-corrected chi connectivity index (χ4v) is 3.45. The van der Waals surface area contributed by atoms with Crippen LogP contribution in [0.1, 0.15) is 25.8 Å². The van der Waals surface area contributed by atoms with Crippen molar-refractivity contribution >= 4 is 21.4 Å². The van der Waals surface area contributed by atoms with Crippen molar-refractivity contribution in [3.63, 3.8) is 0 Å². The summed E-state index contributed by atoms with van der Waals surface area (Å²) in [6.45, 7) is 4.57. The largest absolute Gasteiger partial charge is 0.373 e. The summed E-state index contributed by atoms with van der Waals surface area (Å²) in [7, 11) is -3.29. The Balaban J connectivity index is 2.21. The minimum Gasteiger partial charge on any atom is -0.373 e. The number of rotatable bonds is 5. The van der Waals surface area contributed by atoms with Gasteiger partial charge in [0.05, 0.1) is 5.75 Å². The first-order valence-corrected chi connectivity index (χ1v) is 9.26. The van der Waals surface area contributed by atoms with Crippen LogP contribution in [0, 0.1) is 5.82 Å². The van der Waals surface area contributed by atoms with Crippen LogP contribution in [-0.4, -0.2) is 44.1 Å². The predicted molar refractivity (Wildman–Crippen MR) is 83.8 cm³/mol. The van der Waals surface area contributed by atoms with Crippen molar-refractivity contribution in [1.82, 2.24) is 4.90 Å². The number of likely N-dealkylation sites (tertiary alicyclic amines) is 1. The fourth-order valence-electron chi connectivity index (χ4n) is 2.64. The standard InChI is InChI=1S/C15H21FN2O3S/c1-10(2)18-7-6-14(15(18)19)17-13-5-4-12(16)8-11(13)9-22(3,20)21/h4-5,8,10,14,17H,6-7,9H2,1-3H3/t14-/m1/s1. The van der Waals surface area contributed by atoms with Crippen molar-refractivity contribution in [2.24, 2.45) is 0 Å². The van der Waals surface area contributed by atoms with E-state index >= 15 is 0 Å². The molecular formula is C15H21FN2O3S. The number of benzene rings is 1. The number of halogens is 1. The Morgan fingerprint density at radius 1 is 1.41 bits per heavy atom. The van der Waals surface area contributed by atoms with E-state index in [4.69, 9.17) is 0 Å². The smallest absolute Gasteiger partial charge is 0.245 e. The topological polar surface area (TPSA) is 66.5 Å². The molecule has 1 amide bonds. The Kier molecular flexibility index (Phi) is 4.75. The lowest BCUT2D eigenvalue weighted by molar-refractivity contribution is -0.129. The monoisotopic (exact) mass is 328 g/mol. The molecule has 5 nitrogen and oxygen atoms in total. The van der Waals surface area contributed by atoms with Gasteiger partial charge >= 0.3 is 0 Å². The number of nitrogens with zero attached hydrogens (tertiary/aromatic N) is 1. The van der Waals surface area contributed by atoms with E-state index in [1.807, 2.05) is 13.8 Å². The SMILES string of the molecule is CC(C)N1CC[C@@H](Nc2ccc(F)cc2CS(C)(=O)=O)C1=O. The molecule has 0 aliphatic carbocycles. The zero-order chi connectivity index (χ0) is 16.5. The van der Waals surface area contributed by atoms with Crippen LogP contribution >= 0.6 is 0 Å². The molecule has 0 unspecified atom stereocenters. The lowest BCUT2D eigenvalue weighted by Crippen LogP contribution is -2.37. The third kappa shape index (κ3) is 3.97. The first-order valence-electron chi connectivity index (χ1n) is 7.20. The molecule has 7 heteroatoms. The number of carbonyl (C=O) groups is 1. The van der Waals surface area contributed by atoms with Crippen LogP contribution in [0.4, 0.5) is 10.1 Å². The molecule has 122 valence electrons. The Hall–Kier alpha value is -1.63. The molecule has 0 spiro atoms. The van der Waals surface area contributed by atoms with Gasteiger partial charge < -0.3 is 10.2 Å². The number of sulfone groups is 1. The first-order chi connectivity index (χ1) is 10.2. The molecule has 22 heavy (non-hydrogen) atoms. The van der Waals surface area contributed by atoms with Crippen molar-refractivity contribution in [2.75, 3.05) is 18.1 Å². The highest BCUT2D eigenvalue weighted by Crippen LogP contribution is 2.24. The zero-order valence-corrected chi connectivity index (χ0v) is 13.8. The molecule has 1 aromatic rings. The van der Waals surface area contributed by atoms with E-state index in [0.29, 0.717) is 24.2 Å². The van der Waals surface area contributed by atoms with Gasteiger partial charge in [-0.05, 0) is 44.0 Å². The summed E-state index contributed by atoms with van der Waals surface area (Å²) in [5.41, 5.74) is 0.842. The van der Waals surface area contributed by atoms with E-state index in [0.717, 1.165) is 6.26 Å². The number of anilines is 1. The highest BCUT2D eigenvalue weighted by atomic mass is 32.2. The van der Waals surface area contributed by atoms with E-state index in [-0.39, 0.29) is 17.7 Å². The fraction of sp³-hybridized carbons (Fsp3) is 0.533. The van der Waals surface area contributed by atoms with Gasteiger partial charge in [0.1, 0.15) is 11.9 Å². The number of carbonyl (C=O) groups excluding carboxylic acids is 1. The molecule has 0 saturated carbocycles. The van der Waals surface area contributed by atoms with Gasteiger partial charge in [-0.3, -0.25) is 4.79 Å². The molecule has 2 rings (SSSR count). The van der Waals surface area contributed by atoms with Gasteiger partial charge in [0.2, 0.25) is 5.91 Å². The third-order valence-electron chi connectivity index (χ3n) is 3.68. The van der Waals surface area contributed by atoms with Crippen LogP contribution in [0.2, 0.25) is 0 Å². The zero-order valence-electron chi connectivity index (χ0n) is 13.0. The molecule has 1 aliphatic heterocycles. The maximum atomic E-state index is 13.4. The van der Waals surface area contributed by atoms with Gasteiger partial charge in [0, 0.05) is 24.5 Å². The second-order valence-electron chi connectivity index (χ2n) is 5.98. The molecule has 1 atom stereocenters. The van der Waals surface area contributed by atoms with Gasteiger partial charge in [0.15, 0.2) is 9.84 Å². The van der Waals surface area contributed by atoms with E-state index in [1.165, 1.54) is 18.2 Å². The summed E-state index contributed by atoms with van der Waals surface area (Å²) in [5, 5.41) is 3.07. The van der Waals surface area contributed by atoms with Crippen LogP contribution in [0.5, 0.6) is 0 Å². The van der Waals surface area contributed by atoms with E-state index in [2.05, 4.69) is 5.32 Å². The molecule has 0 bridgehead atoms. The summed E-state index contributed by atoms with van der Waals surface area (Å²) >= 11 is 0. The number of nitrogens with one attached hydrogen (secondary N) is 1. The normalized spacial score (nSPS) is 19.0. The molecule has 1 heterocycles. The Labute approximate surface area is 130 Å². The van der Waals surface area contributed by atoms with Crippen molar-refractivity contribution in [2.45, 2.75) is 38.1 Å². The minimum absolute atomic E-state index is 0.00960. The Bertz CT molecular complexity index is 673. The third-order valence-corrected chi connectivity index (χ3v) is 4.51. The molecule has 1 aliphatic rings. The summed E-state index contributed by atoms with van der Waals surface area (Å²) in [5.74, 6) is -0.766. The van der Waals surface area contributed by atoms with E-state index in [1.54, 1.807) is 4.90 Å². The van der Waals surface area contributed by atoms with Crippen LogP contribution < -0.4 is 5.32 Å². The summed E-state index contributed by atoms with van der Waals surface area (Å²) in [6.07, 6.45) is 1.75. The van der Waals surface area contributed by atoms with Crippen molar-refractivity contribution in [1.29, 1.82) is 0 Å². The predicted octanol–water partition coefficient (Wildman–Crippen LogP) is 1.79.